The zero-order valence-corrected chi connectivity index (χ0v) is 13.1. The van der Waals surface area contributed by atoms with Crippen molar-refractivity contribution in [3.8, 4) is 5.88 Å². The average molecular weight is 340 g/mol. The van der Waals surface area contributed by atoms with Crippen LogP contribution in [-0.2, 0) is 6.54 Å². The van der Waals surface area contributed by atoms with Gasteiger partial charge in [-0.25, -0.2) is 9.37 Å². The van der Waals surface area contributed by atoms with Crippen LogP contribution in [0.2, 0.25) is 0 Å². The van der Waals surface area contributed by atoms with E-state index in [2.05, 4.69) is 31.2 Å². The summed E-state index contributed by atoms with van der Waals surface area (Å²) in [5.41, 5.74) is 2.25. The largest absolute Gasteiger partial charge is 0.480 e. The van der Waals surface area contributed by atoms with Crippen LogP contribution < -0.4 is 10.1 Å². The van der Waals surface area contributed by atoms with E-state index in [9.17, 15) is 4.39 Å². The first-order chi connectivity index (χ1) is 9.51. The highest BCUT2D eigenvalue weighted by Gasteiger charge is 2.07. The first kappa shape index (κ1) is 14.7. The highest BCUT2D eigenvalue weighted by atomic mass is 79.9. The topological polar surface area (TPSA) is 47.0 Å². The monoisotopic (exact) mass is 339 g/mol. The number of benzene rings is 1. The van der Waals surface area contributed by atoms with E-state index in [1.807, 2.05) is 12.1 Å². The molecule has 0 aliphatic carbocycles. The molecule has 2 rings (SSSR count). The molecule has 0 saturated carbocycles. The minimum atomic E-state index is -0.157. The Labute approximate surface area is 125 Å². The lowest BCUT2D eigenvalue weighted by atomic mass is 10.1. The molecule has 1 heterocycles. The van der Waals surface area contributed by atoms with E-state index in [1.54, 1.807) is 27.2 Å². The summed E-state index contributed by atoms with van der Waals surface area (Å²) in [6.45, 7) is 4.03. The van der Waals surface area contributed by atoms with Gasteiger partial charge in [-0.05, 0) is 46.5 Å². The molecule has 0 aliphatic rings. The number of anilines is 1. The van der Waals surface area contributed by atoms with E-state index in [0.717, 1.165) is 5.56 Å². The summed E-state index contributed by atoms with van der Waals surface area (Å²) in [5, 5.41) is 3.09. The van der Waals surface area contributed by atoms with Crippen molar-refractivity contribution in [2.24, 2.45) is 0 Å². The maximum Gasteiger partial charge on any atom is 0.232 e. The van der Waals surface area contributed by atoms with Crippen LogP contribution in [0.3, 0.4) is 0 Å². The predicted molar refractivity (Wildman–Crippen MR) is 79.5 cm³/mol. The Morgan fingerprint density at radius 2 is 1.95 bits per heavy atom. The van der Waals surface area contributed by atoms with Crippen molar-refractivity contribution in [1.82, 2.24) is 9.97 Å². The molecule has 1 aromatic heterocycles. The Morgan fingerprint density at radius 3 is 2.55 bits per heavy atom. The summed E-state index contributed by atoms with van der Waals surface area (Å²) < 4.78 is 19.3. The van der Waals surface area contributed by atoms with Crippen LogP contribution in [0.1, 0.15) is 16.7 Å². The lowest BCUT2D eigenvalue weighted by molar-refractivity contribution is 0.394. The highest BCUT2D eigenvalue weighted by molar-refractivity contribution is 9.10. The van der Waals surface area contributed by atoms with Gasteiger partial charge in [0.25, 0.3) is 0 Å². The number of nitrogens with zero attached hydrogens (tertiary/aromatic N) is 2. The van der Waals surface area contributed by atoms with Gasteiger partial charge in [0.05, 0.1) is 17.8 Å². The third kappa shape index (κ3) is 3.25. The van der Waals surface area contributed by atoms with Gasteiger partial charge in [-0.3, -0.25) is 0 Å². The summed E-state index contributed by atoms with van der Waals surface area (Å²) >= 11 is 3.29. The zero-order chi connectivity index (χ0) is 14.7. The van der Waals surface area contributed by atoms with Crippen LogP contribution in [-0.4, -0.2) is 17.1 Å². The van der Waals surface area contributed by atoms with Crippen LogP contribution in [0, 0.1) is 19.7 Å². The van der Waals surface area contributed by atoms with Crippen LogP contribution in [0.4, 0.5) is 10.3 Å². The van der Waals surface area contributed by atoms with Crippen molar-refractivity contribution >= 4 is 21.9 Å². The number of ether oxygens (including phenoxy) is 1. The molecule has 0 aliphatic heterocycles. The van der Waals surface area contributed by atoms with Crippen molar-refractivity contribution in [2.45, 2.75) is 20.4 Å². The summed E-state index contributed by atoms with van der Waals surface area (Å²) in [4.78, 5) is 8.34. The molecular weight excluding hydrogens is 325 g/mol. The zero-order valence-electron chi connectivity index (χ0n) is 11.5. The standard InChI is InChI=1S/C14H15BrFN3O/c1-8-4-10(5-9(2)12(8)16)6-17-14-18-7-11(15)13(19-14)20-3/h4-5,7H,6H2,1-3H3,(H,17,18,19). The van der Waals surface area contributed by atoms with Gasteiger partial charge in [0.2, 0.25) is 11.8 Å². The molecule has 0 spiro atoms. The fourth-order valence-electron chi connectivity index (χ4n) is 1.90. The van der Waals surface area contributed by atoms with Crippen LogP contribution in [0.15, 0.2) is 22.8 Å². The fraction of sp³-hybridized carbons (Fsp3) is 0.286. The normalized spacial score (nSPS) is 10.4. The summed E-state index contributed by atoms with van der Waals surface area (Å²) in [7, 11) is 1.55. The molecule has 2 aromatic rings. The SMILES string of the molecule is COc1nc(NCc2cc(C)c(F)c(C)c2)ncc1Br. The molecule has 1 N–H and O–H groups in total. The van der Waals surface area contributed by atoms with Crippen LogP contribution in [0.25, 0.3) is 0 Å². The minimum absolute atomic E-state index is 0.157. The molecule has 0 saturated heterocycles. The summed E-state index contributed by atoms with van der Waals surface area (Å²) in [6, 6.07) is 3.62. The number of nitrogens with one attached hydrogen (secondary N) is 1. The van der Waals surface area contributed by atoms with Crippen molar-refractivity contribution in [3.63, 3.8) is 0 Å². The second kappa shape index (κ2) is 6.17. The quantitative estimate of drug-likeness (QED) is 0.924. The Kier molecular flexibility index (Phi) is 4.54. The Hall–Kier alpha value is -1.69. The second-order valence-electron chi connectivity index (χ2n) is 4.45. The van der Waals surface area contributed by atoms with Crippen LogP contribution >= 0.6 is 15.9 Å². The molecule has 0 fully saturated rings. The smallest absolute Gasteiger partial charge is 0.232 e. The maximum absolute atomic E-state index is 13.6. The van der Waals surface area contributed by atoms with Crippen molar-refractivity contribution in [1.29, 1.82) is 0 Å². The molecule has 4 nitrogen and oxygen atoms in total. The predicted octanol–water partition coefficient (Wildman–Crippen LogP) is 3.62. The summed E-state index contributed by atoms with van der Waals surface area (Å²) in [5.74, 6) is 0.772. The third-order valence-electron chi connectivity index (χ3n) is 2.85. The van der Waals surface area contributed by atoms with Gasteiger partial charge < -0.3 is 10.1 Å². The van der Waals surface area contributed by atoms with Crippen LogP contribution in [0.5, 0.6) is 5.88 Å². The third-order valence-corrected chi connectivity index (χ3v) is 3.40. The van der Waals surface area contributed by atoms with Gasteiger partial charge in [0, 0.05) is 6.54 Å². The molecule has 6 heteroatoms. The number of hydrogen-bond donors (Lipinski definition) is 1. The van der Waals surface area contributed by atoms with E-state index in [-0.39, 0.29) is 5.82 Å². The maximum atomic E-state index is 13.6. The number of methoxy groups -OCH3 is 1. The number of aryl methyl sites for hydroxylation is 2. The molecule has 0 amide bonds. The Morgan fingerprint density at radius 1 is 1.30 bits per heavy atom. The number of rotatable bonds is 4. The van der Waals surface area contributed by atoms with Gasteiger partial charge in [-0.1, -0.05) is 12.1 Å². The lowest BCUT2D eigenvalue weighted by Crippen LogP contribution is -2.05. The van der Waals surface area contributed by atoms with E-state index in [4.69, 9.17) is 4.74 Å². The number of hydrogen-bond acceptors (Lipinski definition) is 4. The Balaban J connectivity index is 2.13. The molecule has 1 aromatic carbocycles. The molecule has 0 unspecified atom stereocenters. The molecule has 0 bridgehead atoms. The van der Waals surface area contributed by atoms with Gasteiger partial charge in [0.15, 0.2) is 0 Å². The lowest BCUT2D eigenvalue weighted by Gasteiger charge is -2.09. The molecule has 20 heavy (non-hydrogen) atoms. The molecular formula is C14H15BrFN3O. The molecule has 0 atom stereocenters. The van der Waals surface area contributed by atoms with Crippen molar-refractivity contribution in [3.05, 3.63) is 45.3 Å². The minimum Gasteiger partial charge on any atom is -0.480 e. The van der Waals surface area contributed by atoms with Gasteiger partial charge in [0.1, 0.15) is 5.82 Å². The van der Waals surface area contributed by atoms with Crippen molar-refractivity contribution < 1.29 is 9.13 Å². The van der Waals surface area contributed by atoms with Gasteiger partial charge in [-0.15, -0.1) is 0 Å². The first-order valence-electron chi connectivity index (χ1n) is 6.07. The molecule has 106 valence electrons. The van der Waals surface area contributed by atoms with E-state index in [1.165, 1.54) is 0 Å². The number of halogens is 2. The van der Waals surface area contributed by atoms with Gasteiger partial charge in [-0.2, -0.15) is 4.98 Å². The van der Waals surface area contributed by atoms with E-state index < -0.39 is 0 Å². The van der Waals surface area contributed by atoms with E-state index in [0.29, 0.717) is 34.0 Å². The first-order valence-corrected chi connectivity index (χ1v) is 6.86. The average Bonchev–Trinajstić information content (AvgIpc) is 2.43. The van der Waals surface area contributed by atoms with Gasteiger partial charge >= 0.3 is 0 Å². The fourth-order valence-corrected chi connectivity index (χ4v) is 2.25. The summed E-state index contributed by atoms with van der Waals surface area (Å²) in [6.07, 6.45) is 1.62. The van der Waals surface area contributed by atoms with Crippen molar-refractivity contribution in [2.75, 3.05) is 12.4 Å². The highest BCUT2D eigenvalue weighted by Crippen LogP contribution is 2.22. The molecule has 0 radical (unpaired) electrons. The van der Waals surface area contributed by atoms with E-state index >= 15 is 0 Å². The Bertz CT molecular complexity index is 611. The number of aromatic nitrogens is 2. The second-order valence-corrected chi connectivity index (χ2v) is 5.30.